The summed E-state index contributed by atoms with van der Waals surface area (Å²) in [5.74, 6) is 0.789. The Kier molecular flexibility index (Phi) is 3.06. The van der Waals surface area contributed by atoms with E-state index in [1.165, 1.54) is 12.3 Å². The Morgan fingerprint density at radius 1 is 1.12 bits per heavy atom. The van der Waals surface area contributed by atoms with Crippen LogP contribution in [0.1, 0.15) is 0 Å². The van der Waals surface area contributed by atoms with E-state index in [9.17, 15) is 8.42 Å². The first kappa shape index (κ1) is 11.5. The molecule has 2 rings (SSSR count). The molecule has 88 valence electrons. The number of rotatable bonds is 3. The molecule has 5 nitrogen and oxygen atoms in total. The fourth-order valence-electron chi connectivity index (χ4n) is 1.17. The third-order valence-corrected chi connectivity index (χ3v) is 2.77. The van der Waals surface area contributed by atoms with Crippen molar-refractivity contribution in [3.8, 4) is 11.6 Å². The molecule has 0 unspecified atom stereocenters. The lowest BCUT2D eigenvalue weighted by atomic mass is 10.3. The lowest BCUT2D eigenvalue weighted by Gasteiger charge is -2.04. The van der Waals surface area contributed by atoms with E-state index in [2.05, 4.69) is 9.97 Å². The maximum Gasteiger partial charge on any atom is 0.250 e. The molecule has 0 fully saturated rings. The number of aromatic nitrogens is 2. The highest BCUT2D eigenvalue weighted by molar-refractivity contribution is 7.90. The normalized spacial score (nSPS) is 11.1. The highest BCUT2D eigenvalue weighted by atomic mass is 32.2. The van der Waals surface area contributed by atoms with E-state index in [0.717, 1.165) is 6.26 Å². The van der Waals surface area contributed by atoms with Crippen LogP contribution in [0.25, 0.3) is 0 Å². The molecule has 0 N–H and O–H groups in total. The van der Waals surface area contributed by atoms with Gasteiger partial charge in [0.1, 0.15) is 5.75 Å². The summed E-state index contributed by atoms with van der Waals surface area (Å²) in [6, 6.07) is 10.5. The second-order valence-electron chi connectivity index (χ2n) is 3.36. The van der Waals surface area contributed by atoms with Gasteiger partial charge in [0.15, 0.2) is 0 Å². The highest BCUT2D eigenvalue weighted by Gasteiger charge is 2.11. The molecule has 0 bridgehead atoms. The van der Waals surface area contributed by atoms with Gasteiger partial charge >= 0.3 is 0 Å². The van der Waals surface area contributed by atoms with Crippen molar-refractivity contribution in [3.63, 3.8) is 0 Å². The zero-order valence-electron chi connectivity index (χ0n) is 9.07. The van der Waals surface area contributed by atoms with Gasteiger partial charge in [0, 0.05) is 18.5 Å². The van der Waals surface area contributed by atoms with Gasteiger partial charge < -0.3 is 4.74 Å². The van der Waals surface area contributed by atoms with Crippen molar-refractivity contribution >= 4 is 9.84 Å². The van der Waals surface area contributed by atoms with E-state index in [0.29, 0.717) is 5.75 Å². The van der Waals surface area contributed by atoms with Crippen LogP contribution in [0.4, 0.5) is 0 Å². The summed E-state index contributed by atoms with van der Waals surface area (Å²) < 4.78 is 27.9. The Morgan fingerprint density at radius 2 is 1.82 bits per heavy atom. The molecule has 6 heteroatoms. The fourth-order valence-corrected chi connectivity index (χ4v) is 1.68. The number of sulfone groups is 1. The minimum Gasteiger partial charge on any atom is -0.439 e. The average molecular weight is 250 g/mol. The van der Waals surface area contributed by atoms with Gasteiger partial charge in [-0.25, -0.2) is 13.4 Å². The van der Waals surface area contributed by atoms with Gasteiger partial charge in [-0.05, 0) is 12.1 Å². The fraction of sp³-hybridized carbons (Fsp3) is 0.0909. The Hall–Kier alpha value is -1.95. The van der Waals surface area contributed by atoms with Crippen LogP contribution >= 0.6 is 0 Å². The zero-order valence-corrected chi connectivity index (χ0v) is 9.89. The van der Waals surface area contributed by atoms with Gasteiger partial charge in [0.2, 0.25) is 20.9 Å². The Bertz CT molecular complexity index is 612. The van der Waals surface area contributed by atoms with E-state index in [1.807, 2.05) is 18.2 Å². The van der Waals surface area contributed by atoms with Crippen molar-refractivity contribution in [2.45, 2.75) is 5.16 Å². The molecule has 1 aromatic carbocycles. The van der Waals surface area contributed by atoms with Crippen molar-refractivity contribution in [1.29, 1.82) is 0 Å². The highest BCUT2D eigenvalue weighted by Crippen LogP contribution is 2.18. The first-order valence-corrected chi connectivity index (χ1v) is 6.71. The van der Waals surface area contributed by atoms with E-state index in [4.69, 9.17) is 4.74 Å². The Morgan fingerprint density at radius 3 is 2.47 bits per heavy atom. The van der Waals surface area contributed by atoms with Crippen LogP contribution in [0, 0.1) is 0 Å². The van der Waals surface area contributed by atoms with Gasteiger partial charge in [0.05, 0.1) is 0 Å². The number of hydrogen-bond donors (Lipinski definition) is 0. The molecule has 2 aromatic rings. The van der Waals surface area contributed by atoms with Crippen LogP contribution in [-0.2, 0) is 9.84 Å². The van der Waals surface area contributed by atoms with E-state index in [1.54, 1.807) is 12.1 Å². The Balaban J connectivity index is 2.29. The largest absolute Gasteiger partial charge is 0.439 e. The molecule has 0 saturated heterocycles. The summed E-state index contributed by atoms with van der Waals surface area (Å²) in [5.41, 5.74) is 0. The predicted octanol–water partition coefficient (Wildman–Crippen LogP) is 1.67. The minimum absolute atomic E-state index is 0.201. The minimum atomic E-state index is -3.42. The van der Waals surface area contributed by atoms with Gasteiger partial charge in [-0.15, -0.1) is 0 Å². The lowest BCUT2D eigenvalue weighted by Crippen LogP contribution is -2.04. The first-order valence-electron chi connectivity index (χ1n) is 4.82. The molecule has 0 aliphatic carbocycles. The van der Waals surface area contributed by atoms with Crippen molar-refractivity contribution in [2.24, 2.45) is 0 Å². The van der Waals surface area contributed by atoms with Crippen LogP contribution < -0.4 is 4.74 Å². The molecule has 17 heavy (non-hydrogen) atoms. The summed E-state index contributed by atoms with van der Waals surface area (Å²) in [7, 11) is -3.42. The third-order valence-electron chi connectivity index (χ3n) is 1.91. The third kappa shape index (κ3) is 3.01. The summed E-state index contributed by atoms with van der Waals surface area (Å²) in [6.45, 7) is 0. The second-order valence-corrected chi connectivity index (χ2v) is 5.27. The molecule has 0 saturated carbocycles. The van der Waals surface area contributed by atoms with Crippen molar-refractivity contribution in [1.82, 2.24) is 9.97 Å². The van der Waals surface area contributed by atoms with Gasteiger partial charge in [-0.1, -0.05) is 18.2 Å². The standard InChI is InChI=1S/C11H10N2O3S/c1-17(14,15)11-12-8-7-10(13-11)16-9-5-3-2-4-6-9/h2-8H,1H3. The van der Waals surface area contributed by atoms with Crippen LogP contribution in [0.5, 0.6) is 11.6 Å². The maximum atomic E-state index is 11.3. The monoisotopic (exact) mass is 250 g/mol. The van der Waals surface area contributed by atoms with E-state index >= 15 is 0 Å². The molecule has 0 atom stereocenters. The maximum absolute atomic E-state index is 11.3. The van der Waals surface area contributed by atoms with Gasteiger partial charge in [-0.2, -0.15) is 4.98 Å². The molecule has 1 heterocycles. The summed E-state index contributed by atoms with van der Waals surface area (Å²) in [4.78, 5) is 7.49. The summed E-state index contributed by atoms with van der Waals surface area (Å²) in [5, 5.41) is -0.245. The van der Waals surface area contributed by atoms with Crippen LogP contribution in [0.3, 0.4) is 0 Å². The predicted molar refractivity (Wildman–Crippen MR) is 61.7 cm³/mol. The van der Waals surface area contributed by atoms with Crippen LogP contribution in [-0.4, -0.2) is 24.6 Å². The zero-order chi connectivity index (χ0) is 12.3. The molecule has 0 spiro atoms. The number of ether oxygens (including phenoxy) is 1. The van der Waals surface area contributed by atoms with Gasteiger partial charge in [0.25, 0.3) is 0 Å². The van der Waals surface area contributed by atoms with Crippen LogP contribution in [0.2, 0.25) is 0 Å². The molecule has 1 aromatic heterocycles. The quantitative estimate of drug-likeness (QED) is 0.775. The van der Waals surface area contributed by atoms with Crippen molar-refractivity contribution in [3.05, 3.63) is 42.6 Å². The molecule has 0 radical (unpaired) electrons. The molecule has 0 aliphatic rings. The number of benzene rings is 1. The second kappa shape index (κ2) is 4.50. The lowest BCUT2D eigenvalue weighted by molar-refractivity contribution is 0.453. The van der Waals surface area contributed by atoms with Crippen LogP contribution in [0.15, 0.2) is 47.8 Å². The topological polar surface area (TPSA) is 69.2 Å². The van der Waals surface area contributed by atoms with E-state index < -0.39 is 9.84 Å². The Labute approximate surface area is 99.0 Å². The number of para-hydroxylation sites is 1. The summed E-state index contributed by atoms with van der Waals surface area (Å²) >= 11 is 0. The van der Waals surface area contributed by atoms with Crippen molar-refractivity contribution < 1.29 is 13.2 Å². The smallest absolute Gasteiger partial charge is 0.250 e. The van der Waals surface area contributed by atoms with E-state index in [-0.39, 0.29) is 11.0 Å². The molecule has 0 amide bonds. The molecule has 0 aliphatic heterocycles. The number of hydrogen-bond acceptors (Lipinski definition) is 5. The number of nitrogens with zero attached hydrogens (tertiary/aromatic N) is 2. The first-order chi connectivity index (χ1) is 8.05. The van der Waals surface area contributed by atoms with Gasteiger partial charge in [-0.3, -0.25) is 0 Å². The molecular formula is C11H10N2O3S. The molecular weight excluding hydrogens is 240 g/mol. The summed E-state index contributed by atoms with van der Waals surface area (Å²) in [6.07, 6.45) is 2.40. The average Bonchev–Trinajstić information content (AvgIpc) is 2.29. The van der Waals surface area contributed by atoms with Crippen molar-refractivity contribution in [2.75, 3.05) is 6.26 Å². The SMILES string of the molecule is CS(=O)(=O)c1nccc(Oc2ccccc2)n1.